The molecular weight excluding hydrogens is 313 g/mol. The van der Waals surface area contributed by atoms with E-state index in [1.807, 2.05) is 6.92 Å². The molecular formula is C14H17Cl2N3O2. The highest BCUT2D eigenvalue weighted by Crippen LogP contribution is 2.22. The van der Waals surface area contributed by atoms with E-state index in [-0.39, 0.29) is 24.4 Å². The number of carbonyl (C=O) groups excluding carboxylic acids is 2. The SMILES string of the molecule is C[C@H]1CNCCN1C(=O)CNC(=O)c1ccc(Cl)c(Cl)c1. The minimum Gasteiger partial charge on any atom is -0.343 e. The number of nitrogens with one attached hydrogen (secondary N) is 2. The van der Waals surface area contributed by atoms with Crippen molar-refractivity contribution >= 4 is 35.0 Å². The van der Waals surface area contributed by atoms with Crippen LogP contribution in [-0.4, -0.2) is 48.9 Å². The van der Waals surface area contributed by atoms with E-state index in [9.17, 15) is 9.59 Å². The van der Waals surface area contributed by atoms with Crippen LogP contribution in [0.25, 0.3) is 0 Å². The van der Waals surface area contributed by atoms with Crippen molar-refractivity contribution in [3.8, 4) is 0 Å². The highest BCUT2D eigenvalue weighted by atomic mass is 35.5. The second kappa shape index (κ2) is 7.11. The zero-order valence-corrected chi connectivity index (χ0v) is 13.2. The number of benzene rings is 1. The van der Waals surface area contributed by atoms with Crippen molar-refractivity contribution in [2.75, 3.05) is 26.2 Å². The van der Waals surface area contributed by atoms with Crippen LogP contribution in [0.2, 0.25) is 10.0 Å². The Balaban J connectivity index is 1.91. The predicted molar refractivity (Wildman–Crippen MR) is 82.8 cm³/mol. The highest BCUT2D eigenvalue weighted by Gasteiger charge is 2.23. The summed E-state index contributed by atoms with van der Waals surface area (Å²) in [6.07, 6.45) is 0. The molecule has 0 bridgehead atoms. The summed E-state index contributed by atoms with van der Waals surface area (Å²) in [7, 11) is 0. The van der Waals surface area contributed by atoms with E-state index < -0.39 is 0 Å². The van der Waals surface area contributed by atoms with Gasteiger partial charge in [-0.3, -0.25) is 9.59 Å². The van der Waals surface area contributed by atoms with Crippen LogP contribution in [0.15, 0.2) is 18.2 Å². The van der Waals surface area contributed by atoms with Gasteiger partial charge in [0, 0.05) is 31.2 Å². The van der Waals surface area contributed by atoms with Gasteiger partial charge < -0.3 is 15.5 Å². The molecule has 1 aromatic carbocycles. The van der Waals surface area contributed by atoms with E-state index in [0.717, 1.165) is 13.1 Å². The molecule has 114 valence electrons. The summed E-state index contributed by atoms with van der Waals surface area (Å²) in [4.78, 5) is 25.9. The topological polar surface area (TPSA) is 61.4 Å². The second-order valence-corrected chi connectivity index (χ2v) is 5.77. The molecule has 2 rings (SSSR count). The van der Waals surface area contributed by atoms with Gasteiger partial charge in [0.2, 0.25) is 5.91 Å². The maximum atomic E-state index is 12.1. The first-order valence-corrected chi connectivity index (χ1v) is 7.48. The first-order chi connectivity index (χ1) is 9.99. The molecule has 0 unspecified atom stereocenters. The van der Waals surface area contributed by atoms with Crippen LogP contribution in [0.3, 0.4) is 0 Å². The summed E-state index contributed by atoms with van der Waals surface area (Å²) in [5.74, 6) is -0.429. The number of carbonyl (C=O) groups is 2. The van der Waals surface area contributed by atoms with Crippen molar-refractivity contribution in [1.82, 2.24) is 15.5 Å². The van der Waals surface area contributed by atoms with Gasteiger partial charge in [0.1, 0.15) is 0 Å². The number of hydrogen-bond acceptors (Lipinski definition) is 3. The average molecular weight is 330 g/mol. The predicted octanol–water partition coefficient (Wildman–Crippen LogP) is 1.54. The van der Waals surface area contributed by atoms with Crippen molar-refractivity contribution < 1.29 is 9.59 Å². The van der Waals surface area contributed by atoms with Crippen molar-refractivity contribution in [3.05, 3.63) is 33.8 Å². The van der Waals surface area contributed by atoms with Crippen LogP contribution in [-0.2, 0) is 4.79 Å². The zero-order chi connectivity index (χ0) is 15.4. The summed E-state index contributed by atoms with van der Waals surface area (Å²) in [6, 6.07) is 4.74. The molecule has 21 heavy (non-hydrogen) atoms. The summed E-state index contributed by atoms with van der Waals surface area (Å²) < 4.78 is 0. The highest BCUT2D eigenvalue weighted by molar-refractivity contribution is 6.42. The quantitative estimate of drug-likeness (QED) is 0.884. The molecule has 1 heterocycles. The number of hydrogen-bond donors (Lipinski definition) is 2. The summed E-state index contributed by atoms with van der Waals surface area (Å²) in [6.45, 7) is 4.15. The van der Waals surface area contributed by atoms with Gasteiger partial charge in [-0.1, -0.05) is 23.2 Å². The third kappa shape index (κ3) is 4.09. The lowest BCUT2D eigenvalue weighted by molar-refractivity contribution is -0.132. The fourth-order valence-electron chi connectivity index (χ4n) is 2.21. The molecule has 1 aliphatic rings. The Hall–Kier alpha value is -1.30. The zero-order valence-electron chi connectivity index (χ0n) is 11.7. The van der Waals surface area contributed by atoms with Crippen LogP contribution in [0.5, 0.6) is 0 Å². The molecule has 0 aromatic heterocycles. The fourth-order valence-corrected chi connectivity index (χ4v) is 2.51. The first-order valence-electron chi connectivity index (χ1n) is 6.72. The normalized spacial score (nSPS) is 18.4. The first kappa shape index (κ1) is 16.1. The van der Waals surface area contributed by atoms with Gasteiger partial charge in [-0.15, -0.1) is 0 Å². The molecule has 1 aromatic rings. The Kier molecular flexibility index (Phi) is 5.45. The monoisotopic (exact) mass is 329 g/mol. The third-order valence-electron chi connectivity index (χ3n) is 3.40. The Morgan fingerprint density at radius 2 is 2.14 bits per heavy atom. The van der Waals surface area contributed by atoms with Crippen molar-refractivity contribution in [1.29, 1.82) is 0 Å². The van der Waals surface area contributed by atoms with Crippen LogP contribution in [0.4, 0.5) is 0 Å². The Morgan fingerprint density at radius 1 is 1.38 bits per heavy atom. The standard InChI is InChI=1S/C14H17Cl2N3O2/c1-9-7-17-4-5-19(9)13(20)8-18-14(21)10-2-3-11(15)12(16)6-10/h2-3,6,9,17H,4-5,7-8H2,1H3,(H,18,21)/t9-/m0/s1. The minimum atomic E-state index is -0.343. The van der Waals surface area contributed by atoms with Crippen LogP contribution < -0.4 is 10.6 Å². The molecule has 0 saturated carbocycles. The largest absolute Gasteiger partial charge is 0.343 e. The van der Waals surface area contributed by atoms with Gasteiger partial charge in [0.25, 0.3) is 5.91 Å². The maximum absolute atomic E-state index is 12.1. The summed E-state index contributed by atoms with van der Waals surface area (Å²) >= 11 is 11.7. The van der Waals surface area contributed by atoms with E-state index in [2.05, 4.69) is 10.6 Å². The molecule has 2 amide bonds. The number of halogens is 2. The van der Waals surface area contributed by atoms with Gasteiger partial charge in [-0.2, -0.15) is 0 Å². The molecule has 1 fully saturated rings. The lowest BCUT2D eigenvalue weighted by Crippen LogP contribution is -2.54. The van der Waals surface area contributed by atoms with Gasteiger partial charge in [0.15, 0.2) is 0 Å². The number of rotatable bonds is 3. The average Bonchev–Trinajstić information content (AvgIpc) is 2.47. The summed E-state index contributed by atoms with van der Waals surface area (Å²) in [5, 5.41) is 6.52. The molecule has 1 aliphatic heterocycles. The van der Waals surface area contributed by atoms with Gasteiger partial charge in [-0.25, -0.2) is 0 Å². The van der Waals surface area contributed by atoms with Crippen LogP contribution in [0, 0.1) is 0 Å². The molecule has 0 aliphatic carbocycles. The maximum Gasteiger partial charge on any atom is 0.251 e. The van der Waals surface area contributed by atoms with E-state index in [0.29, 0.717) is 22.2 Å². The van der Waals surface area contributed by atoms with Crippen molar-refractivity contribution in [3.63, 3.8) is 0 Å². The van der Waals surface area contributed by atoms with Gasteiger partial charge in [0.05, 0.1) is 16.6 Å². The molecule has 1 atom stereocenters. The van der Waals surface area contributed by atoms with Crippen LogP contribution >= 0.6 is 23.2 Å². The fraction of sp³-hybridized carbons (Fsp3) is 0.429. The third-order valence-corrected chi connectivity index (χ3v) is 4.14. The lowest BCUT2D eigenvalue weighted by atomic mass is 10.2. The lowest BCUT2D eigenvalue weighted by Gasteiger charge is -2.34. The number of amides is 2. The smallest absolute Gasteiger partial charge is 0.251 e. The number of piperazine rings is 1. The van der Waals surface area contributed by atoms with Crippen molar-refractivity contribution in [2.24, 2.45) is 0 Å². The van der Waals surface area contributed by atoms with E-state index in [4.69, 9.17) is 23.2 Å². The van der Waals surface area contributed by atoms with Gasteiger partial charge >= 0.3 is 0 Å². The van der Waals surface area contributed by atoms with E-state index in [1.54, 1.807) is 17.0 Å². The van der Waals surface area contributed by atoms with E-state index in [1.165, 1.54) is 6.07 Å². The minimum absolute atomic E-state index is 0.0244. The second-order valence-electron chi connectivity index (χ2n) is 4.95. The molecule has 7 heteroatoms. The Bertz CT molecular complexity index is 551. The van der Waals surface area contributed by atoms with Crippen LogP contribution in [0.1, 0.15) is 17.3 Å². The molecule has 2 N–H and O–H groups in total. The van der Waals surface area contributed by atoms with E-state index >= 15 is 0 Å². The number of nitrogens with zero attached hydrogens (tertiary/aromatic N) is 1. The molecule has 0 radical (unpaired) electrons. The Labute approximate surface area is 133 Å². The van der Waals surface area contributed by atoms with Gasteiger partial charge in [-0.05, 0) is 25.1 Å². The molecule has 1 saturated heterocycles. The summed E-state index contributed by atoms with van der Waals surface area (Å²) in [5.41, 5.74) is 0.380. The molecule has 0 spiro atoms. The Morgan fingerprint density at radius 3 is 2.81 bits per heavy atom. The van der Waals surface area contributed by atoms with Crippen molar-refractivity contribution in [2.45, 2.75) is 13.0 Å². The molecule has 5 nitrogen and oxygen atoms in total.